The highest BCUT2D eigenvalue weighted by Crippen LogP contribution is 2.24. The van der Waals surface area contributed by atoms with E-state index in [2.05, 4.69) is 5.32 Å². The largest absolute Gasteiger partial charge is 0.507 e. The Kier molecular flexibility index (Phi) is 7.35. The van der Waals surface area contributed by atoms with Gasteiger partial charge in [0.25, 0.3) is 0 Å². The number of amides is 1. The summed E-state index contributed by atoms with van der Waals surface area (Å²) >= 11 is 6.02. The van der Waals surface area contributed by atoms with Crippen molar-refractivity contribution in [2.75, 3.05) is 6.61 Å². The summed E-state index contributed by atoms with van der Waals surface area (Å²) < 4.78 is 5.40. The number of aliphatic hydroxyl groups is 1. The van der Waals surface area contributed by atoms with Crippen LogP contribution >= 0.6 is 11.6 Å². The van der Waals surface area contributed by atoms with Gasteiger partial charge in [-0.2, -0.15) is 0 Å². The van der Waals surface area contributed by atoms with Crippen LogP contribution in [0.3, 0.4) is 0 Å². The highest BCUT2D eigenvalue weighted by Gasteiger charge is 2.17. The predicted octanol–water partition coefficient (Wildman–Crippen LogP) is 4.53. The lowest BCUT2D eigenvalue weighted by atomic mass is 9.98. The summed E-state index contributed by atoms with van der Waals surface area (Å²) in [5.74, 6) is 0.430. The molecule has 3 rings (SSSR count). The molecule has 0 aliphatic rings. The van der Waals surface area contributed by atoms with Crippen molar-refractivity contribution in [3.8, 4) is 5.75 Å². The fourth-order valence-electron chi connectivity index (χ4n) is 2.97. The predicted molar refractivity (Wildman–Crippen MR) is 118 cm³/mol. The molecule has 0 saturated carbocycles. The van der Waals surface area contributed by atoms with Crippen LogP contribution in [0.4, 0.5) is 0 Å². The molecule has 0 aliphatic carbocycles. The molecule has 5 nitrogen and oxygen atoms in total. The van der Waals surface area contributed by atoms with Crippen molar-refractivity contribution in [2.45, 2.75) is 12.5 Å². The molecule has 0 aromatic heterocycles. The Hall–Kier alpha value is -3.44. The maximum Gasteiger partial charge on any atom is 0.225 e. The van der Waals surface area contributed by atoms with Crippen molar-refractivity contribution < 1.29 is 14.6 Å². The van der Waals surface area contributed by atoms with Gasteiger partial charge >= 0.3 is 0 Å². The molecule has 0 radical (unpaired) electrons. The van der Waals surface area contributed by atoms with E-state index in [9.17, 15) is 9.90 Å². The van der Waals surface area contributed by atoms with Crippen LogP contribution in [0.5, 0.6) is 5.75 Å². The summed E-state index contributed by atoms with van der Waals surface area (Å²) in [6.45, 7) is -0.00379. The Morgan fingerprint density at radius 1 is 1.00 bits per heavy atom. The molecule has 4 N–H and O–H groups in total. The van der Waals surface area contributed by atoms with Gasteiger partial charge in [-0.3, -0.25) is 4.79 Å². The van der Waals surface area contributed by atoms with Crippen molar-refractivity contribution in [3.63, 3.8) is 0 Å². The number of benzene rings is 3. The molecule has 3 aromatic rings. The van der Waals surface area contributed by atoms with Gasteiger partial charge in [0.05, 0.1) is 12.5 Å². The van der Waals surface area contributed by atoms with Crippen LogP contribution in [0.1, 0.15) is 22.7 Å². The van der Waals surface area contributed by atoms with Gasteiger partial charge in [-0.05, 0) is 41.0 Å². The summed E-state index contributed by atoms with van der Waals surface area (Å²) in [6, 6.07) is 24.1. The second kappa shape index (κ2) is 10.4. The Morgan fingerprint density at radius 3 is 2.27 bits per heavy atom. The zero-order valence-electron chi connectivity index (χ0n) is 16.3. The summed E-state index contributed by atoms with van der Waals surface area (Å²) in [7, 11) is 0. The van der Waals surface area contributed by atoms with Gasteiger partial charge in [-0.1, -0.05) is 66.2 Å². The third kappa shape index (κ3) is 6.03. The van der Waals surface area contributed by atoms with Crippen molar-refractivity contribution in [3.05, 3.63) is 113 Å². The van der Waals surface area contributed by atoms with E-state index in [-0.39, 0.29) is 30.7 Å². The number of halogens is 1. The zero-order valence-corrected chi connectivity index (χ0v) is 17.0. The van der Waals surface area contributed by atoms with E-state index in [1.807, 2.05) is 66.7 Å². The molecule has 0 bridgehead atoms. The van der Waals surface area contributed by atoms with E-state index in [1.54, 1.807) is 12.1 Å². The van der Waals surface area contributed by atoms with Crippen LogP contribution in [0.15, 0.2) is 90.8 Å². The average Bonchev–Trinajstić information content (AvgIpc) is 2.78. The molecular weight excluding hydrogens is 400 g/mol. The van der Waals surface area contributed by atoms with Crippen molar-refractivity contribution in [1.29, 1.82) is 0 Å². The minimum absolute atomic E-state index is 0.00379. The van der Waals surface area contributed by atoms with Gasteiger partial charge in [-0.25, -0.2) is 0 Å². The summed E-state index contributed by atoms with van der Waals surface area (Å²) in [6.07, 6.45) is 1.31. The summed E-state index contributed by atoms with van der Waals surface area (Å²) in [4.78, 5) is 12.8. The fourth-order valence-corrected chi connectivity index (χ4v) is 3.09. The third-order valence-electron chi connectivity index (χ3n) is 4.51. The van der Waals surface area contributed by atoms with E-state index in [4.69, 9.17) is 22.1 Å². The minimum Gasteiger partial charge on any atom is -0.507 e. The first-order valence-corrected chi connectivity index (χ1v) is 9.84. The Balaban J connectivity index is 1.68. The first-order valence-electron chi connectivity index (χ1n) is 9.46. The summed E-state index contributed by atoms with van der Waals surface area (Å²) in [5, 5.41) is 13.1. The molecule has 1 atom stereocenters. The molecule has 0 aliphatic heterocycles. The van der Waals surface area contributed by atoms with Gasteiger partial charge < -0.3 is 20.9 Å². The molecule has 1 amide bonds. The Bertz CT molecular complexity index is 987. The number of rotatable bonds is 8. The average molecular weight is 423 g/mol. The van der Waals surface area contributed by atoms with Gasteiger partial charge in [0.2, 0.25) is 5.91 Å². The van der Waals surface area contributed by atoms with E-state index in [1.165, 1.54) is 0 Å². The minimum atomic E-state index is -0.274. The van der Waals surface area contributed by atoms with Crippen LogP contribution in [0.2, 0.25) is 5.02 Å². The SMILES string of the molecule is N/C=C(\O)COc1ccc(CC(=O)NC(c2ccccc2)c2ccc(Cl)cc2)cc1. The molecule has 154 valence electrons. The van der Waals surface area contributed by atoms with Gasteiger partial charge in [0.1, 0.15) is 18.1 Å². The first kappa shape index (κ1) is 21.3. The second-order valence-electron chi connectivity index (χ2n) is 6.73. The van der Waals surface area contributed by atoms with Crippen molar-refractivity contribution in [1.82, 2.24) is 5.32 Å². The van der Waals surface area contributed by atoms with E-state index < -0.39 is 0 Å². The van der Waals surface area contributed by atoms with Crippen LogP contribution in [0, 0.1) is 0 Å². The van der Waals surface area contributed by atoms with Crippen LogP contribution in [-0.4, -0.2) is 17.6 Å². The fraction of sp³-hybridized carbons (Fsp3) is 0.125. The first-order chi connectivity index (χ1) is 14.5. The number of hydrogen-bond donors (Lipinski definition) is 3. The summed E-state index contributed by atoms with van der Waals surface area (Å²) in [5.41, 5.74) is 8.00. The number of nitrogens with one attached hydrogen (secondary N) is 1. The van der Waals surface area contributed by atoms with E-state index in [0.717, 1.165) is 22.9 Å². The number of carbonyl (C=O) groups excluding carboxylic acids is 1. The molecule has 6 heteroatoms. The smallest absolute Gasteiger partial charge is 0.225 e. The molecule has 0 saturated heterocycles. The molecule has 0 spiro atoms. The number of ether oxygens (including phenoxy) is 1. The quantitative estimate of drug-likeness (QED) is 0.466. The normalized spacial score (nSPS) is 12.2. The zero-order chi connectivity index (χ0) is 21.3. The highest BCUT2D eigenvalue weighted by atomic mass is 35.5. The monoisotopic (exact) mass is 422 g/mol. The number of hydrogen-bond acceptors (Lipinski definition) is 4. The second-order valence-corrected chi connectivity index (χ2v) is 7.17. The van der Waals surface area contributed by atoms with Gasteiger partial charge in [0, 0.05) is 11.2 Å². The Morgan fingerprint density at radius 2 is 1.63 bits per heavy atom. The van der Waals surface area contributed by atoms with Crippen molar-refractivity contribution in [2.24, 2.45) is 5.73 Å². The lowest BCUT2D eigenvalue weighted by molar-refractivity contribution is -0.120. The topological polar surface area (TPSA) is 84.6 Å². The lowest BCUT2D eigenvalue weighted by Gasteiger charge is -2.20. The maximum atomic E-state index is 12.8. The third-order valence-corrected chi connectivity index (χ3v) is 4.76. The van der Waals surface area contributed by atoms with Crippen LogP contribution < -0.4 is 15.8 Å². The molecule has 3 aromatic carbocycles. The van der Waals surface area contributed by atoms with Gasteiger partial charge in [0.15, 0.2) is 0 Å². The molecule has 0 heterocycles. The number of carbonyl (C=O) groups is 1. The lowest BCUT2D eigenvalue weighted by Crippen LogP contribution is -2.30. The highest BCUT2D eigenvalue weighted by molar-refractivity contribution is 6.30. The molecule has 1 unspecified atom stereocenters. The Labute approximate surface area is 180 Å². The molecule has 0 fully saturated rings. The van der Waals surface area contributed by atoms with E-state index >= 15 is 0 Å². The number of aliphatic hydroxyl groups excluding tert-OH is 1. The number of nitrogens with two attached hydrogens (primary N) is 1. The van der Waals surface area contributed by atoms with Gasteiger partial charge in [-0.15, -0.1) is 0 Å². The maximum absolute atomic E-state index is 12.8. The molecular formula is C24H23ClN2O3. The van der Waals surface area contributed by atoms with Crippen LogP contribution in [-0.2, 0) is 11.2 Å². The van der Waals surface area contributed by atoms with Crippen LogP contribution in [0.25, 0.3) is 0 Å². The molecule has 30 heavy (non-hydrogen) atoms. The standard InChI is InChI=1S/C24H23ClN2O3/c25-20-10-8-19(9-11-20)24(18-4-2-1-3-5-18)27-23(29)14-17-6-12-22(13-7-17)30-16-21(28)15-26/h1-13,15,24,28H,14,16,26H2,(H,27,29)/b21-15-. The van der Waals surface area contributed by atoms with E-state index in [0.29, 0.717) is 10.8 Å². The van der Waals surface area contributed by atoms with Crippen molar-refractivity contribution >= 4 is 17.5 Å².